The Kier molecular flexibility index (Phi) is 4.88. The molecular formula is C16H24ClNO. The summed E-state index contributed by atoms with van der Waals surface area (Å²) in [6, 6.07) is 6.54. The highest BCUT2D eigenvalue weighted by molar-refractivity contribution is 6.31. The molecule has 1 aromatic rings. The van der Waals surface area contributed by atoms with E-state index in [1.54, 1.807) is 0 Å². The number of halogens is 1. The van der Waals surface area contributed by atoms with Crippen molar-refractivity contribution in [3.63, 3.8) is 0 Å². The zero-order chi connectivity index (χ0) is 13.9. The van der Waals surface area contributed by atoms with Gasteiger partial charge in [0.2, 0.25) is 0 Å². The van der Waals surface area contributed by atoms with E-state index in [0.29, 0.717) is 0 Å². The molecule has 1 atom stereocenters. The fraction of sp³-hybridized carbons (Fsp3) is 0.625. The van der Waals surface area contributed by atoms with Crippen molar-refractivity contribution < 1.29 is 4.74 Å². The first-order chi connectivity index (χ1) is 9.13. The van der Waals surface area contributed by atoms with Crippen LogP contribution in [0.1, 0.15) is 49.3 Å². The van der Waals surface area contributed by atoms with Gasteiger partial charge in [-0.15, -0.1) is 0 Å². The van der Waals surface area contributed by atoms with Crippen molar-refractivity contribution in [2.75, 3.05) is 14.2 Å². The molecule has 0 saturated heterocycles. The molecule has 0 heterocycles. The van der Waals surface area contributed by atoms with Gasteiger partial charge in [0.25, 0.3) is 0 Å². The molecule has 0 bridgehead atoms. The normalized spacial score (nSPS) is 20.2. The predicted molar refractivity (Wildman–Crippen MR) is 80.8 cm³/mol. The van der Waals surface area contributed by atoms with E-state index < -0.39 is 0 Å². The molecule has 1 saturated carbocycles. The molecule has 1 N–H and O–H groups in total. The summed E-state index contributed by atoms with van der Waals surface area (Å²) in [5.41, 5.74) is 2.25. The zero-order valence-corrected chi connectivity index (χ0v) is 12.9. The molecule has 1 fully saturated rings. The standard InChI is InChI=1S/C16H24ClNO/c1-12-7-8-13(11-14(12)17)15(18-2)16(19-3)9-5-4-6-10-16/h7-8,11,15,18H,4-6,9-10H2,1-3H3. The van der Waals surface area contributed by atoms with E-state index in [4.69, 9.17) is 16.3 Å². The minimum absolute atomic E-state index is 0.0917. The van der Waals surface area contributed by atoms with Gasteiger partial charge < -0.3 is 10.1 Å². The second-order valence-electron chi connectivity index (χ2n) is 5.56. The first kappa shape index (κ1) is 14.8. The van der Waals surface area contributed by atoms with E-state index in [-0.39, 0.29) is 11.6 Å². The molecule has 1 aromatic carbocycles. The molecule has 0 aliphatic heterocycles. The SMILES string of the molecule is CNC(c1ccc(C)c(Cl)c1)C1(OC)CCCCC1. The third-order valence-electron chi connectivity index (χ3n) is 4.45. The molecule has 106 valence electrons. The van der Waals surface area contributed by atoms with Gasteiger partial charge in [-0.3, -0.25) is 0 Å². The van der Waals surface area contributed by atoms with Crippen LogP contribution in [0.4, 0.5) is 0 Å². The number of likely N-dealkylation sites (N-methyl/N-ethyl adjacent to an activating group) is 1. The van der Waals surface area contributed by atoms with E-state index in [0.717, 1.165) is 23.4 Å². The maximum atomic E-state index is 6.27. The summed E-state index contributed by atoms with van der Waals surface area (Å²) < 4.78 is 5.95. The molecule has 1 unspecified atom stereocenters. The molecule has 19 heavy (non-hydrogen) atoms. The van der Waals surface area contributed by atoms with Crippen molar-refractivity contribution in [2.24, 2.45) is 0 Å². The van der Waals surface area contributed by atoms with Gasteiger partial charge >= 0.3 is 0 Å². The lowest BCUT2D eigenvalue weighted by Gasteiger charge is -2.42. The number of nitrogens with one attached hydrogen (secondary N) is 1. The Bertz CT molecular complexity index is 427. The highest BCUT2D eigenvalue weighted by Crippen LogP contribution is 2.41. The summed E-state index contributed by atoms with van der Waals surface area (Å²) in [4.78, 5) is 0. The smallest absolute Gasteiger partial charge is 0.0872 e. The lowest BCUT2D eigenvalue weighted by molar-refractivity contribution is -0.0671. The fourth-order valence-electron chi connectivity index (χ4n) is 3.28. The van der Waals surface area contributed by atoms with Gasteiger partial charge in [-0.2, -0.15) is 0 Å². The minimum atomic E-state index is -0.0917. The molecule has 1 aliphatic rings. The monoisotopic (exact) mass is 281 g/mol. The highest BCUT2D eigenvalue weighted by Gasteiger charge is 2.40. The van der Waals surface area contributed by atoms with Crippen molar-refractivity contribution >= 4 is 11.6 Å². The predicted octanol–water partition coefficient (Wildman–Crippen LogP) is 4.26. The van der Waals surface area contributed by atoms with Crippen LogP contribution in [0.5, 0.6) is 0 Å². The average Bonchev–Trinajstić information content (AvgIpc) is 2.44. The molecule has 0 aromatic heterocycles. The van der Waals surface area contributed by atoms with Gasteiger partial charge in [0.05, 0.1) is 11.6 Å². The zero-order valence-electron chi connectivity index (χ0n) is 12.1. The molecule has 0 radical (unpaired) electrons. The second kappa shape index (κ2) is 6.25. The van der Waals surface area contributed by atoms with Crippen molar-refractivity contribution in [3.05, 3.63) is 34.3 Å². The van der Waals surface area contributed by atoms with Crippen molar-refractivity contribution in [1.82, 2.24) is 5.32 Å². The molecule has 3 heteroatoms. The average molecular weight is 282 g/mol. The van der Waals surface area contributed by atoms with E-state index in [2.05, 4.69) is 23.5 Å². The van der Waals surface area contributed by atoms with Crippen LogP contribution in [0, 0.1) is 6.92 Å². The maximum Gasteiger partial charge on any atom is 0.0872 e. The summed E-state index contributed by atoms with van der Waals surface area (Å²) in [7, 11) is 3.85. The lowest BCUT2D eigenvalue weighted by atomic mass is 9.76. The van der Waals surface area contributed by atoms with E-state index in [9.17, 15) is 0 Å². The lowest BCUT2D eigenvalue weighted by Crippen LogP contribution is -2.46. The van der Waals surface area contributed by atoms with Gasteiger partial charge in [0, 0.05) is 12.1 Å². The van der Waals surface area contributed by atoms with Crippen LogP contribution in [-0.4, -0.2) is 19.8 Å². The van der Waals surface area contributed by atoms with Crippen LogP contribution in [0.25, 0.3) is 0 Å². The highest BCUT2D eigenvalue weighted by atomic mass is 35.5. The summed E-state index contributed by atoms with van der Waals surface area (Å²) in [6.45, 7) is 2.03. The molecule has 1 aliphatic carbocycles. The molecule has 0 amide bonds. The second-order valence-corrected chi connectivity index (χ2v) is 5.97. The van der Waals surface area contributed by atoms with Gasteiger partial charge in [-0.1, -0.05) is 43.0 Å². The Morgan fingerprint density at radius 3 is 2.47 bits per heavy atom. The van der Waals surface area contributed by atoms with Gasteiger partial charge in [0.1, 0.15) is 0 Å². The number of hydrogen-bond acceptors (Lipinski definition) is 2. The number of aryl methyl sites for hydroxylation is 1. The van der Waals surface area contributed by atoms with Gasteiger partial charge in [-0.25, -0.2) is 0 Å². The van der Waals surface area contributed by atoms with Crippen LogP contribution < -0.4 is 5.32 Å². The topological polar surface area (TPSA) is 21.3 Å². The first-order valence-electron chi connectivity index (χ1n) is 7.11. The van der Waals surface area contributed by atoms with Crippen LogP contribution in [0.3, 0.4) is 0 Å². The molecule has 2 rings (SSSR count). The van der Waals surface area contributed by atoms with Crippen molar-refractivity contribution in [2.45, 2.75) is 50.7 Å². The third kappa shape index (κ3) is 2.96. The fourth-order valence-corrected chi connectivity index (χ4v) is 3.47. The van der Waals surface area contributed by atoms with Crippen molar-refractivity contribution in [1.29, 1.82) is 0 Å². The Morgan fingerprint density at radius 2 is 1.95 bits per heavy atom. The minimum Gasteiger partial charge on any atom is -0.376 e. The number of methoxy groups -OCH3 is 1. The summed E-state index contributed by atoms with van der Waals surface area (Å²) in [6.07, 6.45) is 6.02. The van der Waals surface area contributed by atoms with Crippen LogP contribution in [-0.2, 0) is 4.74 Å². The largest absolute Gasteiger partial charge is 0.376 e. The first-order valence-corrected chi connectivity index (χ1v) is 7.49. The van der Waals surface area contributed by atoms with E-state index in [1.165, 1.54) is 24.8 Å². The number of hydrogen-bond donors (Lipinski definition) is 1. The Hall–Kier alpha value is -0.570. The van der Waals surface area contributed by atoms with E-state index in [1.807, 2.05) is 21.1 Å². The number of benzene rings is 1. The van der Waals surface area contributed by atoms with Crippen molar-refractivity contribution in [3.8, 4) is 0 Å². The Labute approximate surface area is 121 Å². The van der Waals surface area contributed by atoms with Crippen LogP contribution in [0.2, 0.25) is 5.02 Å². The molecular weight excluding hydrogens is 258 g/mol. The van der Waals surface area contributed by atoms with Crippen LogP contribution >= 0.6 is 11.6 Å². The molecule has 0 spiro atoms. The molecule has 2 nitrogen and oxygen atoms in total. The Balaban J connectivity index is 2.33. The Morgan fingerprint density at radius 1 is 1.26 bits per heavy atom. The number of ether oxygens (including phenoxy) is 1. The summed E-state index contributed by atoms with van der Waals surface area (Å²) >= 11 is 6.27. The maximum absolute atomic E-state index is 6.27. The number of rotatable bonds is 4. The third-order valence-corrected chi connectivity index (χ3v) is 4.86. The quantitative estimate of drug-likeness (QED) is 0.890. The van der Waals surface area contributed by atoms with Gasteiger partial charge in [-0.05, 0) is 44.0 Å². The van der Waals surface area contributed by atoms with Crippen LogP contribution in [0.15, 0.2) is 18.2 Å². The summed E-state index contributed by atoms with van der Waals surface area (Å²) in [5.74, 6) is 0. The summed E-state index contributed by atoms with van der Waals surface area (Å²) in [5, 5.41) is 4.28. The van der Waals surface area contributed by atoms with E-state index >= 15 is 0 Å². The van der Waals surface area contributed by atoms with Gasteiger partial charge in [0.15, 0.2) is 0 Å².